The maximum atomic E-state index is 12.5. The highest BCUT2D eigenvalue weighted by Gasteiger charge is 2.31. The van der Waals surface area contributed by atoms with Gasteiger partial charge < -0.3 is 4.85 Å². The Balaban J connectivity index is 2.53. The highest BCUT2D eigenvalue weighted by Crippen LogP contribution is 2.33. The van der Waals surface area contributed by atoms with E-state index in [2.05, 4.69) is 9.94 Å². The fraction of sp³-hybridized carbons (Fsp3) is 0.167. The quantitative estimate of drug-likeness (QED) is 0.712. The van der Waals surface area contributed by atoms with Crippen molar-refractivity contribution in [3.63, 3.8) is 0 Å². The summed E-state index contributed by atoms with van der Waals surface area (Å²) in [5.41, 5.74) is 0.103. The zero-order valence-corrected chi connectivity index (χ0v) is 10.4. The van der Waals surface area contributed by atoms with Crippen LogP contribution in [0.2, 0.25) is 5.02 Å². The van der Waals surface area contributed by atoms with Crippen LogP contribution >= 0.6 is 11.6 Å². The molecule has 7 heteroatoms. The van der Waals surface area contributed by atoms with Gasteiger partial charge in [0.05, 0.1) is 16.3 Å². The summed E-state index contributed by atoms with van der Waals surface area (Å²) in [4.78, 5) is 3.16. The van der Waals surface area contributed by atoms with Gasteiger partial charge in [0.2, 0.25) is 0 Å². The molecule has 1 aromatic carbocycles. The molecular weight excluding hydrogens is 279 g/mol. The van der Waals surface area contributed by atoms with Crippen molar-refractivity contribution in [2.24, 2.45) is 0 Å². The Labute approximate surface area is 112 Å². The summed E-state index contributed by atoms with van der Waals surface area (Å²) in [5, 5.41) is 3.88. The lowest BCUT2D eigenvalue weighted by molar-refractivity contribution is -0.137. The Morgan fingerprint density at radius 1 is 1.32 bits per heavy atom. The van der Waals surface area contributed by atoms with Gasteiger partial charge in [0.1, 0.15) is 5.69 Å². The van der Waals surface area contributed by atoms with Crippen LogP contribution in [0.1, 0.15) is 11.3 Å². The molecule has 0 N–H and O–H groups in total. The third kappa shape index (κ3) is 2.56. The van der Waals surface area contributed by atoms with E-state index >= 15 is 0 Å². The van der Waals surface area contributed by atoms with Crippen LogP contribution in [-0.4, -0.2) is 9.78 Å². The van der Waals surface area contributed by atoms with Crippen molar-refractivity contribution in [1.29, 1.82) is 0 Å². The number of nitrogens with zero attached hydrogens (tertiary/aromatic N) is 3. The molecule has 2 rings (SSSR count). The first kappa shape index (κ1) is 13.4. The Hall–Kier alpha value is -2.00. The molecule has 0 bridgehead atoms. The van der Waals surface area contributed by atoms with Gasteiger partial charge in [-0.05, 0) is 36.3 Å². The number of hydrogen-bond acceptors (Lipinski definition) is 1. The maximum absolute atomic E-state index is 12.5. The second-order valence-electron chi connectivity index (χ2n) is 3.83. The summed E-state index contributed by atoms with van der Waals surface area (Å²) in [7, 11) is 0. The SMILES string of the molecule is [C-]#[N+]c1cc(C)n(-c2ccc(C(F)(F)F)cc2Cl)n1. The molecule has 0 amide bonds. The van der Waals surface area contributed by atoms with Crippen molar-refractivity contribution < 1.29 is 13.2 Å². The molecule has 0 aliphatic carbocycles. The molecule has 1 heterocycles. The average molecular weight is 286 g/mol. The Morgan fingerprint density at radius 3 is 2.47 bits per heavy atom. The van der Waals surface area contributed by atoms with Crippen LogP contribution in [0.3, 0.4) is 0 Å². The number of halogens is 4. The van der Waals surface area contributed by atoms with Gasteiger partial charge in [0.15, 0.2) is 0 Å². The van der Waals surface area contributed by atoms with E-state index in [9.17, 15) is 13.2 Å². The summed E-state index contributed by atoms with van der Waals surface area (Å²) < 4.78 is 38.9. The zero-order valence-electron chi connectivity index (χ0n) is 9.66. The first-order chi connectivity index (χ1) is 8.82. The molecule has 19 heavy (non-hydrogen) atoms. The predicted molar refractivity (Wildman–Crippen MR) is 64.6 cm³/mol. The van der Waals surface area contributed by atoms with Crippen LogP contribution < -0.4 is 0 Å². The number of alkyl halides is 3. The van der Waals surface area contributed by atoms with E-state index in [1.807, 2.05) is 0 Å². The Morgan fingerprint density at radius 2 is 2.00 bits per heavy atom. The van der Waals surface area contributed by atoms with Gasteiger partial charge in [-0.3, -0.25) is 0 Å². The molecule has 0 spiro atoms. The Bertz CT molecular complexity index is 668. The molecule has 0 saturated carbocycles. The lowest BCUT2D eigenvalue weighted by Gasteiger charge is -2.09. The van der Waals surface area contributed by atoms with Crippen molar-refractivity contribution in [2.45, 2.75) is 13.1 Å². The standard InChI is InChI=1S/C12H7ClF3N3/c1-7-5-11(17-2)18-19(7)10-4-3-8(6-9(10)13)12(14,15)16/h3-6H,1H3. The topological polar surface area (TPSA) is 22.2 Å². The molecule has 0 aliphatic heterocycles. The molecule has 2 aromatic rings. The highest BCUT2D eigenvalue weighted by molar-refractivity contribution is 6.32. The third-order valence-corrected chi connectivity index (χ3v) is 2.80. The van der Waals surface area contributed by atoms with Gasteiger partial charge in [0, 0.05) is 0 Å². The fourth-order valence-electron chi connectivity index (χ4n) is 1.61. The summed E-state index contributed by atoms with van der Waals surface area (Å²) in [5.74, 6) is 0.161. The predicted octanol–water partition coefficient (Wildman–Crippen LogP) is 4.40. The van der Waals surface area contributed by atoms with Crippen LogP contribution in [0.25, 0.3) is 10.5 Å². The smallest absolute Gasteiger partial charge is 0.359 e. The average Bonchev–Trinajstić information content (AvgIpc) is 2.69. The minimum atomic E-state index is -4.44. The van der Waals surface area contributed by atoms with Crippen molar-refractivity contribution in [2.75, 3.05) is 0 Å². The first-order valence-corrected chi connectivity index (χ1v) is 5.52. The van der Waals surface area contributed by atoms with Gasteiger partial charge >= 0.3 is 6.18 Å². The molecular formula is C12H7ClF3N3. The van der Waals surface area contributed by atoms with Crippen LogP contribution in [0.15, 0.2) is 24.3 Å². The fourth-order valence-corrected chi connectivity index (χ4v) is 1.87. The number of aryl methyl sites for hydroxylation is 1. The van der Waals surface area contributed by atoms with E-state index < -0.39 is 11.7 Å². The van der Waals surface area contributed by atoms with Crippen LogP contribution in [-0.2, 0) is 6.18 Å². The molecule has 0 saturated heterocycles. The second-order valence-corrected chi connectivity index (χ2v) is 4.24. The first-order valence-electron chi connectivity index (χ1n) is 5.14. The van der Waals surface area contributed by atoms with Gasteiger partial charge in [0.25, 0.3) is 5.82 Å². The molecule has 0 atom stereocenters. The van der Waals surface area contributed by atoms with Crippen molar-refractivity contribution in [1.82, 2.24) is 9.78 Å². The zero-order chi connectivity index (χ0) is 14.2. The van der Waals surface area contributed by atoms with Crippen LogP contribution in [0.5, 0.6) is 0 Å². The Kier molecular flexibility index (Phi) is 3.25. The lowest BCUT2D eigenvalue weighted by atomic mass is 10.2. The van der Waals surface area contributed by atoms with Crippen LogP contribution in [0, 0.1) is 13.5 Å². The van der Waals surface area contributed by atoms with Crippen molar-refractivity contribution >= 4 is 17.4 Å². The largest absolute Gasteiger partial charge is 0.416 e. The molecule has 3 nitrogen and oxygen atoms in total. The van der Waals surface area contributed by atoms with E-state index in [1.54, 1.807) is 6.92 Å². The van der Waals surface area contributed by atoms with Gasteiger partial charge in [-0.1, -0.05) is 18.2 Å². The van der Waals surface area contributed by atoms with E-state index in [0.29, 0.717) is 11.4 Å². The maximum Gasteiger partial charge on any atom is 0.416 e. The minimum Gasteiger partial charge on any atom is -0.359 e. The van der Waals surface area contributed by atoms with E-state index in [4.69, 9.17) is 18.2 Å². The minimum absolute atomic E-state index is 0.0717. The number of rotatable bonds is 1. The molecule has 0 unspecified atom stereocenters. The normalized spacial score (nSPS) is 11.4. The lowest BCUT2D eigenvalue weighted by Crippen LogP contribution is -2.06. The number of benzene rings is 1. The molecule has 0 aliphatic rings. The molecule has 0 fully saturated rings. The van der Waals surface area contributed by atoms with E-state index in [0.717, 1.165) is 12.1 Å². The van der Waals surface area contributed by atoms with E-state index in [-0.39, 0.29) is 10.8 Å². The monoisotopic (exact) mass is 285 g/mol. The van der Waals surface area contributed by atoms with Crippen LogP contribution in [0.4, 0.5) is 19.0 Å². The summed E-state index contributed by atoms with van der Waals surface area (Å²) in [6.45, 7) is 8.54. The summed E-state index contributed by atoms with van der Waals surface area (Å²) in [6.07, 6.45) is -4.44. The molecule has 98 valence electrons. The third-order valence-electron chi connectivity index (χ3n) is 2.49. The molecule has 1 aromatic heterocycles. The van der Waals surface area contributed by atoms with Gasteiger partial charge in [-0.25, -0.2) is 0 Å². The van der Waals surface area contributed by atoms with Gasteiger partial charge in [-0.2, -0.15) is 17.9 Å². The van der Waals surface area contributed by atoms with Crippen molar-refractivity contribution in [3.05, 3.63) is 52.0 Å². The number of hydrogen-bond donors (Lipinski definition) is 0. The highest BCUT2D eigenvalue weighted by atomic mass is 35.5. The van der Waals surface area contributed by atoms with Gasteiger partial charge in [-0.15, -0.1) is 0 Å². The number of aromatic nitrogens is 2. The second kappa shape index (κ2) is 4.59. The molecule has 0 radical (unpaired) electrons. The van der Waals surface area contributed by atoms with E-state index in [1.165, 1.54) is 16.8 Å². The van der Waals surface area contributed by atoms with Crippen molar-refractivity contribution in [3.8, 4) is 5.69 Å². The summed E-state index contributed by atoms with van der Waals surface area (Å²) in [6, 6.07) is 4.54. The summed E-state index contributed by atoms with van der Waals surface area (Å²) >= 11 is 5.86.